The van der Waals surface area contributed by atoms with Gasteiger partial charge in [0.25, 0.3) is 11.8 Å². The zero-order valence-electron chi connectivity index (χ0n) is 13.8. The maximum atomic E-state index is 12.6. The number of carbonyl (C=O) groups excluding carboxylic acids is 3. The van der Waals surface area contributed by atoms with Crippen molar-refractivity contribution in [3.63, 3.8) is 0 Å². The van der Waals surface area contributed by atoms with Crippen LogP contribution >= 0.6 is 0 Å². The molecule has 0 atom stereocenters. The standard InChI is InChI=1S/C17H12N4O5/c1-20-14-11(8-19-20)13(25-2)12(7-18-14)17(24)26-21-15(22)9-5-3-4-6-10(9)16(21)23/h3-8H,1-2H3. The summed E-state index contributed by atoms with van der Waals surface area (Å²) in [6.07, 6.45) is 2.75. The number of rotatable bonds is 3. The number of fused-ring (bicyclic) bond motifs is 2. The third-order valence-corrected chi connectivity index (χ3v) is 4.07. The van der Waals surface area contributed by atoms with Gasteiger partial charge in [-0.1, -0.05) is 17.2 Å². The summed E-state index contributed by atoms with van der Waals surface area (Å²) in [6, 6.07) is 6.23. The second kappa shape index (κ2) is 5.66. The minimum Gasteiger partial charge on any atom is -0.495 e. The maximum absolute atomic E-state index is 12.6. The zero-order chi connectivity index (χ0) is 18.4. The van der Waals surface area contributed by atoms with E-state index in [0.717, 1.165) is 0 Å². The van der Waals surface area contributed by atoms with Gasteiger partial charge < -0.3 is 9.57 Å². The van der Waals surface area contributed by atoms with Gasteiger partial charge in [-0.05, 0) is 12.1 Å². The molecule has 0 aliphatic carbocycles. The van der Waals surface area contributed by atoms with Gasteiger partial charge in [-0.15, -0.1) is 0 Å². The van der Waals surface area contributed by atoms with E-state index in [1.807, 2.05) is 0 Å². The second-order valence-electron chi connectivity index (χ2n) is 5.54. The van der Waals surface area contributed by atoms with Crippen molar-refractivity contribution >= 4 is 28.8 Å². The van der Waals surface area contributed by atoms with Gasteiger partial charge in [-0.25, -0.2) is 9.78 Å². The molecule has 26 heavy (non-hydrogen) atoms. The fourth-order valence-corrected chi connectivity index (χ4v) is 2.82. The van der Waals surface area contributed by atoms with Crippen LogP contribution < -0.4 is 4.74 Å². The molecule has 3 aromatic rings. The van der Waals surface area contributed by atoms with Gasteiger partial charge in [-0.2, -0.15) is 5.10 Å². The lowest BCUT2D eigenvalue weighted by atomic mass is 10.1. The van der Waals surface area contributed by atoms with E-state index in [2.05, 4.69) is 10.1 Å². The van der Waals surface area contributed by atoms with Crippen LogP contribution in [0.4, 0.5) is 0 Å². The largest absolute Gasteiger partial charge is 0.495 e. The summed E-state index contributed by atoms with van der Waals surface area (Å²) in [5.41, 5.74) is 0.847. The van der Waals surface area contributed by atoms with E-state index in [9.17, 15) is 14.4 Å². The Morgan fingerprint density at radius 1 is 1.08 bits per heavy atom. The van der Waals surface area contributed by atoms with Gasteiger partial charge in [0.2, 0.25) is 0 Å². The number of imide groups is 1. The smallest absolute Gasteiger partial charge is 0.369 e. The molecule has 1 aliphatic heterocycles. The summed E-state index contributed by atoms with van der Waals surface area (Å²) in [7, 11) is 3.09. The number of nitrogens with zero attached hydrogens (tertiary/aromatic N) is 4. The minimum atomic E-state index is -0.936. The number of methoxy groups -OCH3 is 1. The average molecular weight is 352 g/mol. The van der Waals surface area contributed by atoms with E-state index in [-0.39, 0.29) is 22.4 Å². The van der Waals surface area contributed by atoms with Crippen molar-refractivity contribution in [1.82, 2.24) is 19.8 Å². The Hall–Kier alpha value is -3.75. The number of amides is 2. The van der Waals surface area contributed by atoms with Crippen molar-refractivity contribution in [2.24, 2.45) is 7.05 Å². The molecule has 4 rings (SSSR count). The molecule has 0 fully saturated rings. The van der Waals surface area contributed by atoms with E-state index >= 15 is 0 Å². The van der Waals surface area contributed by atoms with E-state index in [1.54, 1.807) is 19.2 Å². The van der Waals surface area contributed by atoms with Gasteiger partial charge in [0.15, 0.2) is 5.65 Å². The van der Waals surface area contributed by atoms with Crippen LogP contribution in [-0.4, -0.2) is 44.7 Å². The molecule has 0 N–H and O–H groups in total. The van der Waals surface area contributed by atoms with E-state index in [0.29, 0.717) is 16.1 Å². The average Bonchev–Trinajstić information content (AvgIpc) is 3.15. The number of aromatic nitrogens is 3. The van der Waals surface area contributed by atoms with E-state index in [4.69, 9.17) is 9.57 Å². The Kier molecular flexibility index (Phi) is 3.43. The van der Waals surface area contributed by atoms with Crippen LogP contribution in [0.25, 0.3) is 11.0 Å². The minimum absolute atomic E-state index is 0.0236. The summed E-state index contributed by atoms with van der Waals surface area (Å²) in [5, 5.41) is 5.01. The first-order valence-electron chi connectivity index (χ1n) is 7.57. The van der Waals surface area contributed by atoms with Crippen LogP contribution in [0.3, 0.4) is 0 Å². The quantitative estimate of drug-likeness (QED) is 0.655. The summed E-state index contributed by atoms with van der Waals surface area (Å²) >= 11 is 0. The van der Waals surface area contributed by atoms with Gasteiger partial charge in [-0.3, -0.25) is 14.3 Å². The summed E-state index contributed by atoms with van der Waals surface area (Å²) in [5.74, 6) is -2.14. The van der Waals surface area contributed by atoms with Gasteiger partial charge in [0, 0.05) is 13.2 Å². The molecule has 3 heterocycles. The maximum Gasteiger partial charge on any atom is 0.369 e. The summed E-state index contributed by atoms with van der Waals surface area (Å²) in [4.78, 5) is 46.4. The monoisotopic (exact) mass is 352 g/mol. The van der Waals surface area contributed by atoms with Crippen LogP contribution in [0.15, 0.2) is 36.7 Å². The second-order valence-corrected chi connectivity index (χ2v) is 5.54. The number of benzene rings is 1. The summed E-state index contributed by atoms with van der Waals surface area (Å²) < 4.78 is 6.82. The Morgan fingerprint density at radius 3 is 2.35 bits per heavy atom. The number of hydrogen-bond donors (Lipinski definition) is 0. The number of aryl methyl sites for hydroxylation is 1. The molecule has 130 valence electrons. The van der Waals surface area contributed by atoms with Crippen LogP contribution in [-0.2, 0) is 11.9 Å². The predicted octanol–water partition coefficient (Wildman–Crippen LogP) is 1.34. The van der Waals surface area contributed by atoms with Crippen molar-refractivity contribution in [2.75, 3.05) is 7.11 Å². The fourth-order valence-electron chi connectivity index (χ4n) is 2.82. The van der Waals surface area contributed by atoms with Crippen LogP contribution in [0, 0.1) is 0 Å². The highest BCUT2D eigenvalue weighted by Crippen LogP contribution is 2.29. The molecule has 2 aromatic heterocycles. The first-order chi connectivity index (χ1) is 12.5. The molecule has 0 spiro atoms. The molecule has 1 aromatic carbocycles. The Morgan fingerprint density at radius 2 is 1.73 bits per heavy atom. The lowest BCUT2D eigenvalue weighted by Crippen LogP contribution is -2.32. The topological polar surface area (TPSA) is 104 Å². The number of hydrogen-bond acceptors (Lipinski definition) is 7. The van der Waals surface area contributed by atoms with Crippen LogP contribution in [0.2, 0.25) is 0 Å². The first kappa shape index (κ1) is 15.8. The molecule has 0 saturated carbocycles. The summed E-state index contributed by atoms with van der Waals surface area (Å²) in [6.45, 7) is 0. The Balaban J connectivity index is 1.69. The van der Waals surface area contributed by atoms with Gasteiger partial charge >= 0.3 is 5.97 Å². The molecule has 9 nitrogen and oxygen atoms in total. The molecule has 0 radical (unpaired) electrons. The van der Waals surface area contributed by atoms with Crippen molar-refractivity contribution in [3.8, 4) is 5.75 Å². The van der Waals surface area contributed by atoms with Crippen molar-refractivity contribution in [3.05, 3.63) is 53.3 Å². The number of carbonyl (C=O) groups is 3. The normalized spacial score (nSPS) is 13.2. The highest BCUT2D eigenvalue weighted by atomic mass is 16.7. The third kappa shape index (κ3) is 2.14. The molecule has 0 saturated heterocycles. The number of pyridine rings is 1. The molecular formula is C17H12N4O5. The molecule has 9 heteroatoms. The lowest BCUT2D eigenvalue weighted by Gasteiger charge is -2.14. The van der Waals surface area contributed by atoms with Crippen LogP contribution in [0.1, 0.15) is 31.1 Å². The zero-order valence-corrected chi connectivity index (χ0v) is 13.8. The molecule has 0 unspecified atom stereocenters. The van der Waals surface area contributed by atoms with Crippen LogP contribution in [0.5, 0.6) is 5.75 Å². The molecule has 1 aliphatic rings. The first-order valence-corrected chi connectivity index (χ1v) is 7.57. The number of hydroxylamine groups is 2. The molecular weight excluding hydrogens is 340 g/mol. The van der Waals surface area contributed by atoms with Crippen molar-refractivity contribution in [2.45, 2.75) is 0 Å². The van der Waals surface area contributed by atoms with Crippen molar-refractivity contribution in [1.29, 1.82) is 0 Å². The highest BCUT2D eigenvalue weighted by molar-refractivity contribution is 6.21. The number of ether oxygens (including phenoxy) is 1. The third-order valence-electron chi connectivity index (χ3n) is 4.07. The molecule has 2 amide bonds. The fraction of sp³-hybridized carbons (Fsp3) is 0.118. The highest BCUT2D eigenvalue weighted by Gasteiger charge is 2.39. The predicted molar refractivity (Wildman–Crippen MR) is 87.4 cm³/mol. The Bertz CT molecular complexity index is 1050. The molecule has 0 bridgehead atoms. The van der Waals surface area contributed by atoms with E-state index < -0.39 is 17.8 Å². The SMILES string of the molecule is COc1c(C(=O)ON2C(=O)c3ccccc3C2=O)cnc2c1cnn2C. The lowest BCUT2D eigenvalue weighted by molar-refractivity contribution is -0.0586. The Labute approximate surface area is 146 Å². The van der Waals surface area contributed by atoms with Gasteiger partial charge in [0.05, 0.1) is 29.8 Å². The van der Waals surface area contributed by atoms with Gasteiger partial charge in [0.1, 0.15) is 11.3 Å². The van der Waals surface area contributed by atoms with E-state index in [1.165, 1.54) is 36.3 Å². The van der Waals surface area contributed by atoms with Crippen molar-refractivity contribution < 1.29 is 24.0 Å².